The summed E-state index contributed by atoms with van der Waals surface area (Å²) in [5, 5.41) is 9.83. The summed E-state index contributed by atoms with van der Waals surface area (Å²) in [5.41, 5.74) is 1.62. The molecule has 2 aromatic carbocycles. The molecule has 0 unspecified atom stereocenters. The highest BCUT2D eigenvalue weighted by Crippen LogP contribution is 2.33. The van der Waals surface area contributed by atoms with E-state index in [0.29, 0.717) is 18.2 Å². The van der Waals surface area contributed by atoms with Crippen LogP contribution in [0.5, 0.6) is 0 Å². The normalized spacial score (nSPS) is 15.1. The van der Waals surface area contributed by atoms with Gasteiger partial charge in [0.15, 0.2) is 0 Å². The van der Waals surface area contributed by atoms with Crippen LogP contribution in [0.25, 0.3) is 10.6 Å². The van der Waals surface area contributed by atoms with Crippen molar-refractivity contribution in [3.05, 3.63) is 53.5 Å². The Hall–Kier alpha value is -2.29. The number of sulfone groups is 1. The predicted molar refractivity (Wildman–Crippen MR) is 105 cm³/mol. The maximum Gasteiger partial charge on any atom is 0.206 e. The third-order valence-electron chi connectivity index (χ3n) is 4.40. The fraction of sp³-hybridized carbons (Fsp3) is 0.263. The number of aromatic nitrogens is 2. The average Bonchev–Trinajstić information content (AvgIpc) is 3.15. The Morgan fingerprint density at radius 3 is 2.41 bits per heavy atom. The van der Waals surface area contributed by atoms with Gasteiger partial charge in [-0.1, -0.05) is 29.5 Å². The minimum atomic E-state index is -3.63. The van der Waals surface area contributed by atoms with Crippen LogP contribution in [-0.2, 0) is 14.6 Å². The van der Waals surface area contributed by atoms with Crippen LogP contribution >= 0.6 is 11.3 Å². The molecule has 0 saturated carbocycles. The van der Waals surface area contributed by atoms with E-state index in [1.165, 1.54) is 11.3 Å². The smallest absolute Gasteiger partial charge is 0.206 e. The van der Waals surface area contributed by atoms with Gasteiger partial charge in [-0.3, -0.25) is 0 Å². The molecule has 0 radical (unpaired) electrons. The Kier molecular flexibility index (Phi) is 4.94. The van der Waals surface area contributed by atoms with Gasteiger partial charge in [0.05, 0.1) is 23.0 Å². The van der Waals surface area contributed by atoms with Gasteiger partial charge in [0.25, 0.3) is 0 Å². The summed E-state index contributed by atoms with van der Waals surface area (Å²) >= 11 is 1.45. The molecule has 3 aromatic rings. The molecule has 27 heavy (non-hydrogen) atoms. The Morgan fingerprint density at radius 2 is 1.74 bits per heavy atom. The summed E-state index contributed by atoms with van der Waals surface area (Å²) in [6.45, 7) is 4.59. The highest BCUT2D eigenvalue weighted by Gasteiger charge is 2.22. The van der Waals surface area contributed by atoms with Gasteiger partial charge in [0.2, 0.25) is 9.84 Å². The van der Waals surface area contributed by atoms with E-state index in [9.17, 15) is 8.42 Å². The van der Waals surface area contributed by atoms with Crippen LogP contribution in [0.15, 0.2) is 58.3 Å². The lowest BCUT2D eigenvalue weighted by Crippen LogP contribution is -2.36. The van der Waals surface area contributed by atoms with E-state index in [1.807, 2.05) is 13.0 Å². The third-order valence-corrected chi connectivity index (χ3v) is 7.04. The number of benzene rings is 2. The first-order chi connectivity index (χ1) is 13.0. The van der Waals surface area contributed by atoms with Crippen molar-refractivity contribution in [3.63, 3.8) is 0 Å². The molecule has 6 nitrogen and oxygen atoms in total. The molecule has 0 N–H and O–H groups in total. The van der Waals surface area contributed by atoms with Crippen molar-refractivity contribution in [2.75, 3.05) is 31.2 Å². The van der Waals surface area contributed by atoms with Crippen molar-refractivity contribution in [2.24, 2.45) is 0 Å². The standard InChI is InChI=1S/C19H19N3O3S2/c1-14-20-21-19(26-14)15-11-16(22-7-9-25-10-8-22)13-18(12-15)27(23,24)17-5-3-2-4-6-17/h2-6,11-13H,7-10H2,1H3. The van der Waals surface area contributed by atoms with Crippen molar-refractivity contribution >= 4 is 26.9 Å². The minimum Gasteiger partial charge on any atom is -0.378 e. The maximum absolute atomic E-state index is 13.2. The summed E-state index contributed by atoms with van der Waals surface area (Å²) in [6.07, 6.45) is 0. The molecule has 0 aliphatic carbocycles. The SMILES string of the molecule is Cc1nnc(-c2cc(N3CCOCC3)cc(S(=O)(=O)c3ccccc3)c2)s1. The van der Waals surface area contributed by atoms with Crippen molar-refractivity contribution in [2.45, 2.75) is 16.7 Å². The second-order valence-corrected chi connectivity index (χ2v) is 9.39. The molecular formula is C19H19N3O3S2. The number of aryl methyl sites for hydroxylation is 1. The van der Waals surface area contributed by atoms with E-state index in [4.69, 9.17) is 4.74 Å². The van der Waals surface area contributed by atoms with E-state index in [1.54, 1.807) is 42.5 Å². The summed E-state index contributed by atoms with van der Waals surface area (Å²) < 4.78 is 31.8. The highest BCUT2D eigenvalue weighted by atomic mass is 32.2. The fourth-order valence-electron chi connectivity index (χ4n) is 3.02. The van der Waals surface area contributed by atoms with Crippen LogP contribution in [0.2, 0.25) is 0 Å². The Labute approximate surface area is 162 Å². The molecule has 1 aliphatic rings. The molecular weight excluding hydrogens is 382 g/mol. The average molecular weight is 402 g/mol. The first kappa shape index (κ1) is 18.1. The fourth-order valence-corrected chi connectivity index (χ4v) is 5.04. The van der Waals surface area contributed by atoms with E-state index in [2.05, 4.69) is 15.1 Å². The predicted octanol–water partition coefficient (Wildman–Crippen LogP) is 3.18. The Bertz CT molecular complexity index is 1040. The summed E-state index contributed by atoms with van der Waals surface area (Å²) in [4.78, 5) is 2.69. The summed E-state index contributed by atoms with van der Waals surface area (Å²) in [6, 6.07) is 13.9. The lowest BCUT2D eigenvalue weighted by molar-refractivity contribution is 0.122. The number of rotatable bonds is 4. The van der Waals surface area contributed by atoms with E-state index in [0.717, 1.165) is 29.3 Å². The highest BCUT2D eigenvalue weighted by molar-refractivity contribution is 7.91. The molecule has 140 valence electrons. The van der Waals surface area contributed by atoms with E-state index >= 15 is 0 Å². The van der Waals surface area contributed by atoms with Crippen LogP contribution in [0.3, 0.4) is 0 Å². The van der Waals surface area contributed by atoms with Gasteiger partial charge < -0.3 is 9.64 Å². The van der Waals surface area contributed by atoms with Gasteiger partial charge in [-0.05, 0) is 37.3 Å². The largest absolute Gasteiger partial charge is 0.378 e. The number of ether oxygens (including phenoxy) is 1. The number of nitrogens with zero attached hydrogens (tertiary/aromatic N) is 3. The number of hydrogen-bond donors (Lipinski definition) is 0. The number of morpholine rings is 1. The van der Waals surface area contributed by atoms with Crippen molar-refractivity contribution in [1.82, 2.24) is 10.2 Å². The summed E-state index contributed by atoms with van der Waals surface area (Å²) in [5.74, 6) is 0. The van der Waals surface area contributed by atoms with Gasteiger partial charge in [-0.15, -0.1) is 10.2 Å². The topological polar surface area (TPSA) is 72.4 Å². The van der Waals surface area contributed by atoms with Gasteiger partial charge >= 0.3 is 0 Å². The van der Waals surface area contributed by atoms with Gasteiger partial charge in [0.1, 0.15) is 10.0 Å². The lowest BCUT2D eigenvalue weighted by Gasteiger charge is -2.29. The van der Waals surface area contributed by atoms with Gasteiger partial charge in [-0.2, -0.15) is 0 Å². The number of hydrogen-bond acceptors (Lipinski definition) is 7. The Morgan fingerprint density at radius 1 is 1.00 bits per heavy atom. The van der Waals surface area contributed by atoms with Crippen molar-refractivity contribution in [1.29, 1.82) is 0 Å². The van der Waals surface area contributed by atoms with Crippen LogP contribution in [0.1, 0.15) is 5.01 Å². The molecule has 1 aliphatic heterocycles. The molecule has 1 fully saturated rings. The third kappa shape index (κ3) is 3.73. The molecule has 1 aromatic heterocycles. The van der Waals surface area contributed by atoms with Crippen molar-refractivity contribution in [3.8, 4) is 10.6 Å². The molecule has 4 rings (SSSR count). The maximum atomic E-state index is 13.2. The molecule has 8 heteroatoms. The van der Waals surface area contributed by atoms with Crippen LogP contribution < -0.4 is 4.90 Å². The molecule has 2 heterocycles. The molecule has 0 atom stereocenters. The first-order valence-corrected chi connectivity index (χ1v) is 10.9. The second kappa shape index (κ2) is 7.38. The molecule has 0 bridgehead atoms. The zero-order valence-corrected chi connectivity index (χ0v) is 16.5. The zero-order valence-electron chi connectivity index (χ0n) is 14.8. The molecule has 1 saturated heterocycles. The molecule has 0 spiro atoms. The van der Waals surface area contributed by atoms with E-state index in [-0.39, 0.29) is 9.79 Å². The quantitative estimate of drug-likeness (QED) is 0.669. The summed E-state index contributed by atoms with van der Waals surface area (Å²) in [7, 11) is -3.63. The van der Waals surface area contributed by atoms with E-state index < -0.39 is 9.84 Å². The van der Waals surface area contributed by atoms with Gasteiger partial charge in [0, 0.05) is 24.3 Å². The van der Waals surface area contributed by atoms with Crippen LogP contribution in [0, 0.1) is 6.92 Å². The van der Waals surface area contributed by atoms with Crippen LogP contribution in [-0.4, -0.2) is 44.9 Å². The first-order valence-electron chi connectivity index (χ1n) is 8.62. The zero-order chi connectivity index (χ0) is 18.9. The lowest BCUT2D eigenvalue weighted by atomic mass is 10.2. The number of anilines is 1. The molecule has 0 amide bonds. The monoisotopic (exact) mass is 401 g/mol. The van der Waals surface area contributed by atoms with Gasteiger partial charge in [-0.25, -0.2) is 8.42 Å². The minimum absolute atomic E-state index is 0.264. The van der Waals surface area contributed by atoms with Crippen LogP contribution in [0.4, 0.5) is 5.69 Å². The van der Waals surface area contributed by atoms with Crippen molar-refractivity contribution < 1.29 is 13.2 Å². The Balaban J connectivity index is 1.85. The second-order valence-electron chi connectivity index (χ2n) is 6.26.